The van der Waals surface area contributed by atoms with Crippen molar-refractivity contribution in [3.63, 3.8) is 0 Å². The molecular weight excluding hydrogens is 332 g/mol. The zero-order chi connectivity index (χ0) is 18.7. The molecule has 0 saturated heterocycles. The van der Waals surface area contributed by atoms with Gasteiger partial charge in [0.1, 0.15) is 11.4 Å². The summed E-state index contributed by atoms with van der Waals surface area (Å²) in [6.07, 6.45) is 0. The summed E-state index contributed by atoms with van der Waals surface area (Å²) < 4.78 is 3.21. The fraction of sp³-hybridized carbons (Fsp3) is 0.389. The van der Waals surface area contributed by atoms with Crippen LogP contribution in [0.1, 0.15) is 44.5 Å². The number of fused-ring (bicyclic) bond motifs is 2. The second kappa shape index (κ2) is 5.48. The van der Waals surface area contributed by atoms with Crippen molar-refractivity contribution < 1.29 is 4.79 Å². The van der Waals surface area contributed by atoms with Crippen LogP contribution in [0.5, 0.6) is 0 Å². The average Bonchev–Trinajstić information content (AvgIpc) is 3.13. The van der Waals surface area contributed by atoms with Gasteiger partial charge in [0.05, 0.1) is 30.0 Å². The molecule has 134 valence electrons. The van der Waals surface area contributed by atoms with Gasteiger partial charge >= 0.3 is 0 Å². The van der Waals surface area contributed by atoms with Crippen molar-refractivity contribution >= 4 is 11.6 Å². The number of nitrogens with zero attached hydrogens (tertiary/aromatic N) is 6. The van der Waals surface area contributed by atoms with E-state index in [4.69, 9.17) is 0 Å². The summed E-state index contributed by atoms with van der Waals surface area (Å²) in [5, 5.41) is 4.47. The number of aromatic nitrogens is 5. The van der Waals surface area contributed by atoms with Gasteiger partial charge in [-0.1, -0.05) is 0 Å². The Morgan fingerprint density at radius 1 is 1.12 bits per heavy atom. The van der Waals surface area contributed by atoms with E-state index < -0.39 is 0 Å². The quantitative estimate of drug-likeness (QED) is 0.657. The highest BCUT2D eigenvalue weighted by atomic mass is 16.2. The van der Waals surface area contributed by atoms with E-state index in [2.05, 4.69) is 15.1 Å². The van der Waals surface area contributed by atoms with Crippen LogP contribution in [0.4, 0.5) is 0 Å². The second-order valence-electron chi connectivity index (χ2n) is 6.84. The summed E-state index contributed by atoms with van der Waals surface area (Å²) in [5.74, 6) is 0.468. The molecule has 4 rings (SSSR count). The molecule has 1 aliphatic heterocycles. The maximum atomic E-state index is 13.2. The minimum atomic E-state index is -0.173. The smallest absolute Gasteiger partial charge is 0.260 e. The molecule has 1 aliphatic rings. The fourth-order valence-corrected chi connectivity index (χ4v) is 3.51. The van der Waals surface area contributed by atoms with Crippen LogP contribution in [-0.2, 0) is 20.1 Å². The highest BCUT2D eigenvalue weighted by molar-refractivity contribution is 6.01. The van der Waals surface area contributed by atoms with Gasteiger partial charge in [-0.05, 0) is 33.8 Å². The number of carbonyl (C=O) groups is 1. The number of aryl methyl sites for hydroxylation is 4. The molecule has 1 amide bonds. The minimum Gasteiger partial charge on any atom is -0.328 e. The summed E-state index contributed by atoms with van der Waals surface area (Å²) in [5.41, 5.74) is 4.59. The molecule has 0 radical (unpaired) electrons. The van der Waals surface area contributed by atoms with Gasteiger partial charge < -0.3 is 4.90 Å². The molecule has 0 atom stereocenters. The molecular formula is C18H20N6O2. The van der Waals surface area contributed by atoms with Crippen LogP contribution in [-0.4, -0.2) is 35.0 Å². The third-order valence-corrected chi connectivity index (χ3v) is 4.95. The Morgan fingerprint density at radius 3 is 2.58 bits per heavy atom. The lowest BCUT2D eigenvalue weighted by atomic mass is 10.2. The summed E-state index contributed by atoms with van der Waals surface area (Å²) in [7, 11) is 1.69. The van der Waals surface area contributed by atoms with E-state index in [1.807, 2.05) is 19.9 Å². The first-order valence-corrected chi connectivity index (χ1v) is 8.46. The monoisotopic (exact) mass is 352 g/mol. The van der Waals surface area contributed by atoms with E-state index in [-0.39, 0.29) is 18.0 Å². The lowest BCUT2D eigenvalue weighted by molar-refractivity contribution is 0.0751. The van der Waals surface area contributed by atoms with Crippen molar-refractivity contribution in [2.24, 2.45) is 7.05 Å². The summed E-state index contributed by atoms with van der Waals surface area (Å²) in [6.45, 7) is 8.01. The Bertz CT molecular complexity index is 1140. The molecule has 0 aliphatic carbocycles. The molecule has 4 heterocycles. The van der Waals surface area contributed by atoms with Crippen LogP contribution in [0.3, 0.4) is 0 Å². The predicted octanol–water partition coefficient (Wildman–Crippen LogP) is 1.21. The molecule has 3 aromatic rings. The first-order valence-electron chi connectivity index (χ1n) is 8.46. The van der Waals surface area contributed by atoms with Crippen LogP contribution in [0.15, 0.2) is 10.9 Å². The maximum absolute atomic E-state index is 13.2. The summed E-state index contributed by atoms with van der Waals surface area (Å²) in [4.78, 5) is 36.3. The van der Waals surface area contributed by atoms with Gasteiger partial charge in [-0.15, -0.1) is 0 Å². The largest absolute Gasteiger partial charge is 0.328 e. The van der Waals surface area contributed by atoms with Gasteiger partial charge in [-0.2, -0.15) is 5.10 Å². The molecule has 0 fully saturated rings. The van der Waals surface area contributed by atoms with Crippen molar-refractivity contribution in [1.29, 1.82) is 0 Å². The van der Waals surface area contributed by atoms with Crippen molar-refractivity contribution in [3.05, 3.63) is 56.1 Å². The molecule has 8 heteroatoms. The van der Waals surface area contributed by atoms with Gasteiger partial charge in [0.2, 0.25) is 0 Å². The van der Waals surface area contributed by atoms with E-state index in [1.54, 1.807) is 30.3 Å². The van der Waals surface area contributed by atoms with Crippen molar-refractivity contribution in [2.75, 3.05) is 0 Å². The highest BCUT2D eigenvalue weighted by Crippen LogP contribution is 2.24. The Kier molecular flexibility index (Phi) is 3.47. The number of amides is 1. The van der Waals surface area contributed by atoms with E-state index in [9.17, 15) is 9.59 Å². The summed E-state index contributed by atoms with van der Waals surface area (Å²) in [6, 6.07) is 1.93. The number of hydrogen-bond acceptors (Lipinski definition) is 5. The number of carbonyl (C=O) groups excluding carboxylic acids is 1. The Hall–Kier alpha value is -3.03. The number of rotatable bonds is 1. The molecule has 0 bridgehead atoms. The second-order valence-corrected chi connectivity index (χ2v) is 6.84. The molecule has 0 unspecified atom stereocenters. The van der Waals surface area contributed by atoms with Gasteiger partial charge in [0.15, 0.2) is 5.65 Å². The molecule has 0 aromatic carbocycles. The standard InChI is InChI=1S/C18H20N6O2/c1-9-6-10(2)24-16(19-9)15(11(3)21-24)18(26)23-7-13-14(8-23)20-12(4)22(5)17(13)25/h6H,7-8H2,1-5H3. The lowest BCUT2D eigenvalue weighted by Crippen LogP contribution is -2.28. The van der Waals surface area contributed by atoms with E-state index in [0.717, 1.165) is 11.4 Å². The first-order chi connectivity index (χ1) is 12.3. The maximum Gasteiger partial charge on any atom is 0.260 e. The Labute approximate surface area is 150 Å². The van der Waals surface area contributed by atoms with Crippen LogP contribution < -0.4 is 5.56 Å². The van der Waals surface area contributed by atoms with Gasteiger partial charge in [-0.3, -0.25) is 14.2 Å². The van der Waals surface area contributed by atoms with E-state index in [1.165, 1.54) is 4.57 Å². The number of hydrogen-bond donors (Lipinski definition) is 0. The van der Waals surface area contributed by atoms with Crippen LogP contribution >= 0.6 is 0 Å². The first kappa shape index (κ1) is 16.4. The van der Waals surface area contributed by atoms with Gasteiger partial charge in [0, 0.05) is 18.4 Å². The Morgan fingerprint density at radius 2 is 1.85 bits per heavy atom. The van der Waals surface area contributed by atoms with Crippen LogP contribution in [0.2, 0.25) is 0 Å². The zero-order valence-electron chi connectivity index (χ0n) is 15.5. The van der Waals surface area contributed by atoms with Crippen molar-refractivity contribution in [1.82, 2.24) is 29.0 Å². The fourth-order valence-electron chi connectivity index (χ4n) is 3.51. The normalized spacial score (nSPS) is 13.5. The minimum absolute atomic E-state index is 0.0933. The van der Waals surface area contributed by atoms with Crippen LogP contribution in [0.25, 0.3) is 5.65 Å². The predicted molar refractivity (Wildman–Crippen MR) is 95.0 cm³/mol. The van der Waals surface area contributed by atoms with Gasteiger partial charge in [-0.25, -0.2) is 14.5 Å². The highest BCUT2D eigenvalue weighted by Gasteiger charge is 2.31. The summed E-state index contributed by atoms with van der Waals surface area (Å²) >= 11 is 0. The molecule has 0 spiro atoms. The molecule has 26 heavy (non-hydrogen) atoms. The molecule has 3 aromatic heterocycles. The lowest BCUT2D eigenvalue weighted by Gasteiger charge is -2.14. The molecule has 0 N–H and O–H groups in total. The molecule has 0 saturated carbocycles. The van der Waals surface area contributed by atoms with E-state index in [0.29, 0.717) is 40.5 Å². The van der Waals surface area contributed by atoms with Crippen LogP contribution in [0, 0.1) is 27.7 Å². The SMILES string of the molecule is Cc1cc(C)n2nc(C)c(C(=O)N3Cc4nc(C)n(C)c(=O)c4C3)c2n1. The topological polar surface area (TPSA) is 85.4 Å². The Balaban J connectivity index is 1.79. The van der Waals surface area contributed by atoms with Crippen molar-refractivity contribution in [2.45, 2.75) is 40.8 Å². The molecule has 8 nitrogen and oxygen atoms in total. The average molecular weight is 352 g/mol. The van der Waals surface area contributed by atoms with E-state index >= 15 is 0 Å². The van der Waals surface area contributed by atoms with Crippen molar-refractivity contribution in [3.8, 4) is 0 Å². The third-order valence-electron chi connectivity index (χ3n) is 4.95. The zero-order valence-corrected chi connectivity index (χ0v) is 15.5. The van der Waals surface area contributed by atoms with Gasteiger partial charge in [0.25, 0.3) is 11.5 Å². The third kappa shape index (κ3) is 2.25.